The van der Waals surface area contributed by atoms with Gasteiger partial charge in [-0.3, -0.25) is 0 Å². The van der Waals surface area contributed by atoms with E-state index in [-0.39, 0.29) is 5.38 Å². The molecule has 0 rings (SSSR count). The average Bonchev–Trinajstić information content (AvgIpc) is 2.96. The molecule has 0 nitrogen and oxygen atoms in total. The van der Waals surface area contributed by atoms with Gasteiger partial charge < -0.3 is 0 Å². The summed E-state index contributed by atoms with van der Waals surface area (Å²) in [5, 5.41) is 0.288. The second kappa shape index (κ2) is 37.3. The lowest BCUT2D eigenvalue weighted by Crippen LogP contribution is -2.02. The summed E-state index contributed by atoms with van der Waals surface area (Å²) in [6, 6.07) is 0.955. The Morgan fingerprint density at radius 1 is 0.341 bits per heavy atom. The number of rotatable bonds is 36. The largest absolute Gasteiger partial charge is 0.237 e. The number of unbranched alkanes of at least 4 members (excludes halogenated alkanes) is 31. The highest BCUT2D eigenvalue weighted by Crippen LogP contribution is 2.20. The van der Waals surface area contributed by atoms with Gasteiger partial charge in [0.2, 0.25) is 7.42 Å². The molecule has 0 amide bonds. The molecule has 0 aromatic carbocycles. The van der Waals surface area contributed by atoms with Crippen molar-refractivity contribution in [3.05, 3.63) is 0 Å². The van der Waals surface area contributed by atoms with E-state index in [9.17, 15) is 0 Å². The minimum atomic E-state index is -1.46. The lowest BCUT2D eigenvalue weighted by Gasteiger charge is -2.09. The molecule has 0 saturated carbocycles. The number of halogens is 3. The van der Waals surface area contributed by atoms with Crippen LogP contribution in [0.25, 0.3) is 0 Å². The molecule has 0 bridgehead atoms. The standard InChI is InChI=1S/C37H75Cl3Si/c1-2-3-4-5-6-7-8-9-10-11-12-13-14-15-16-17-18-19-20-21-22-23-24-25-26-27-28-29-30-31-32-33-34-37(38)35-36-41(39)40/h37,41H,2-36H2,1H3. The fraction of sp³-hybridized carbons (Fsp3) is 1.00. The highest BCUT2D eigenvalue weighted by atomic mass is 35.7. The van der Waals surface area contributed by atoms with Crippen molar-refractivity contribution in [2.75, 3.05) is 0 Å². The van der Waals surface area contributed by atoms with Crippen LogP contribution in [0.4, 0.5) is 0 Å². The predicted octanol–water partition coefficient (Wildman–Crippen LogP) is 15.6. The Morgan fingerprint density at radius 3 is 0.780 bits per heavy atom. The molecule has 0 aliphatic carbocycles. The third kappa shape index (κ3) is 39.1. The van der Waals surface area contributed by atoms with Gasteiger partial charge in [-0.25, -0.2) is 0 Å². The predicted molar refractivity (Wildman–Crippen MR) is 196 cm³/mol. The van der Waals surface area contributed by atoms with Crippen molar-refractivity contribution in [2.24, 2.45) is 0 Å². The molecule has 4 heteroatoms. The minimum absolute atomic E-state index is 0.288. The van der Waals surface area contributed by atoms with Gasteiger partial charge in [-0.2, -0.15) is 22.2 Å². The van der Waals surface area contributed by atoms with Crippen LogP contribution in [-0.2, 0) is 0 Å². The van der Waals surface area contributed by atoms with Crippen molar-refractivity contribution in [3.8, 4) is 0 Å². The fourth-order valence-corrected chi connectivity index (χ4v) is 8.10. The zero-order valence-electron chi connectivity index (χ0n) is 28.0. The lowest BCUT2D eigenvalue weighted by molar-refractivity contribution is 0.511. The first kappa shape index (κ1) is 42.1. The first-order chi connectivity index (χ1) is 20.2. The van der Waals surface area contributed by atoms with Crippen molar-refractivity contribution < 1.29 is 0 Å². The zero-order valence-corrected chi connectivity index (χ0v) is 31.5. The zero-order chi connectivity index (χ0) is 29.9. The average molecular weight is 654 g/mol. The topological polar surface area (TPSA) is 0 Å². The Hall–Kier alpha value is 1.09. The van der Waals surface area contributed by atoms with E-state index >= 15 is 0 Å². The second-order valence-corrected chi connectivity index (χ2v) is 19.1. The summed E-state index contributed by atoms with van der Waals surface area (Å²) in [5.74, 6) is 0. The molecule has 0 saturated heterocycles. The summed E-state index contributed by atoms with van der Waals surface area (Å²) < 4.78 is 0. The van der Waals surface area contributed by atoms with Gasteiger partial charge in [-0.1, -0.05) is 212 Å². The van der Waals surface area contributed by atoms with E-state index in [0.29, 0.717) is 0 Å². The second-order valence-electron chi connectivity index (χ2n) is 13.3. The Bertz CT molecular complexity index is 459. The Labute approximate surface area is 276 Å². The summed E-state index contributed by atoms with van der Waals surface area (Å²) in [4.78, 5) is 0. The van der Waals surface area contributed by atoms with Crippen LogP contribution in [-0.4, -0.2) is 12.8 Å². The Morgan fingerprint density at radius 2 is 0.561 bits per heavy atom. The van der Waals surface area contributed by atoms with Crippen molar-refractivity contribution in [2.45, 2.75) is 237 Å². The van der Waals surface area contributed by atoms with Crippen LogP contribution in [0.3, 0.4) is 0 Å². The van der Waals surface area contributed by atoms with Crippen LogP contribution < -0.4 is 0 Å². The smallest absolute Gasteiger partial charge is 0.150 e. The van der Waals surface area contributed by atoms with Gasteiger partial charge >= 0.3 is 0 Å². The Balaban J connectivity index is 3.07. The molecule has 0 aliphatic heterocycles. The summed E-state index contributed by atoms with van der Waals surface area (Å²) in [6.07, 6.45) is 48.7. The fourth-order valence-electron chi connectivity index (χ4n) is 6.19. The van der Waals surface area contributed by atoms with Crippen LogP contribution in [0, 0.1) is 0 Å². The molecule has 0 aliphatic rings. The van der Waals surface area contributed by atoms with E-state index in [1.54, 1.807) is 0 Å². The summed E-state index contributed by atoms with van der Waals surface area (Å²) in [5.41, 5.74) is 0. The number of hydrogen-bond acceptors (Lipinski definition) is 0. The van der Waals surface area contributed by atoms with Gasteiger partial charge in [0.1, 0.15) is 0 Å². The molecule has 0 fully saturated rings. The normalized spacial score (nSPS) is 12.5. The molecule has 0 N–H and O–H groups in total. The van der Waals surface area contributed by atoms with E-state index in [1.807, 2.05) is 0 Å². The molecule has 1 unspecified atom stereocenters. The maximum atomic E-state index is 6.35. The van der Waals surface area contributed by atoms with Gasteiger partial charge in [0.15, 0.2) is 0 Å². The highest BCUT2D eigenvalue weighted by Gasteiger charge is 2.08. The molecule has 248 valence electrons. The quantitative estimate of drug-likeness (QED) is 0.0273. The van der Waals surface area contributed by atoms with Crippen LogP contribution in [0.2, 0.25) is 6.04 Å². The molecular formula is C37H75Cl3Si. The van der Waals surface area contributed by atoms with E-state index in [2.05, 4.69) is 6.92 Å². The molecule has 1 atom stereocenters. The van der Waals surface area contributed by atoms with Gasteiger partial charge in [0.25, 0.3) is 0 Å². The van der Waals surface area contributed by atoms with Gasteiger partial charge in [0.05, 0.1) is 0 Å². The lowest BCUT2D eigenvalue weighted by atomic mass is 10.0. The monoisotopic (exact) mass is 652 g/mol. The van der Waals surface area contributed by atoms with Gasteiger partial charge in [-0.05, 0) is 18.9 Å². The first-order valence-electron chi connectivity index (χ1n) is 19.1. The number of alkyl halides is 1. The third-order valence-electron chi connectivity index (χ3n) is 9.07. The molecular weight excluding hydrogens is 579 g/mol. The van der Waals surface area contributed by atoms with Gasteiger partial charge in [0, 0.05) is 5.38 Å². The highest BCUT2D eigenvalue weighted by molar-refractivity contribution is 7.33. The van der Waals surface area contributed by atoms with E-state index in [0.717, 1.165) is 18.9 Å². The third-order valence-corrected chi connectivity index (χ3v) is 11.6. The number of hydrogen-bond donors (Lipinski definition) is 0. The van der Waals surface area contributed by atoms with Crippen LogP contribution >= 0.6 is 33.8 Å². The van der Waals surface area contributed by atoms with Crippen molar-refractivity contribution in [1.82, 2.24) is 0 Å². The van der Waals surface area contributed by atoms with Crippen LogP contribution in [0.5, 0.6) is 0 Å². The van der Waals surface area contributed by atoms with Crippen molar-refractivity contribution in [1.29, 1.82) is 0 Å². The molecule has 41 heavy (non-hydrogen) atoms. The maximum absolute atomic E-state index is 6.35. The van der Waals surface area contributed by atoms with Crippen LogP contribution in [0.15, 0.2) is 0 Å². The Kier molecular flexibility index (Phi) is 38.3. The van der Waals surface area contributed by atoms with E-state index in [1.165, 1.54) is 205 Å². The molecule has 0 spiro atoms. The molecule has 0 radical (unpaired) electrons. The van der Waals surface area contributed by atoms with Gasteiger partial charge in [-0.15, -0.1) is 11.6 Å². The van der Waals surface area contributed by atoms with Crippen molar-refractivity contribution >= 4 is 41.2 Å². The molecule has 0 aromatic heterocycles. The van der Waals surface area contributed by atoms with E-state index in [4.69, 9.17) is 33.8 Å². The maximum Gasteiger partial charge on any atom is 0.237 e. The van der Waals surface area contributed by atoms with E-state index < -0.39 is 7.42 Å². The molecule has 0 heterocycles. The first-order valence-corrected chi connectivity index (χ1v) is 23.8. The molecule has 0 aromatic rings. The summed E-state index contributed by atoms with van der Waals surface area (Å²) in [7, 11) is -1.46. The SMILES string of the molecule is CCCCCCCCCCCCCCCCCCCCCCCCCCCCCCCCCCC(Cl)CC[SiH](Cl)Cl. The van der Waals surface area contributed by atoms with Crippen LogP contribution in [0.1, 0.15) is 225 Å². The summed E-state index contributed by atoms with van der Waals surface area (Å²) >= 11 is 18.2. The summed E-state index contributed by atoms with van der Waals surface area (Å²) in [6.45, 7) is 2.31. The van der Waals surface area contributed by atoms with Crippen molar-refractivity contribution in [3.63, 3.8) is 0 Å². The minimum Gasteiger partial charge on any atom is -0.150 e.